The second-order valence-electron chi connectivity index (χ2n) is 3.33. The predicted molar refractivity (Wildman–Crippen MR) is 47.8 cm³/mol. The maximum atomic E-state index is 8.86. The highest BCUT2D eigenvalue weighted by Crippen LogP contribution is 1.94. The van der Waals surface area contributed by atoms with Gasteiger partial charge in [-0.1, -0.05) is 0 Å². The van der Waals surface area contributed by atoms with Crippen molar-refractivity contribution >= 4 is 0 Å². The van der Waals surface area contributed by atoms with Crippen LogP contribution in [0.4, 0.5) is 0 Å². The number of hydrogen-bond acceptors (Lipinski definition) is 3. The van der Waals surface area contributed by atoms with Crippen molar-refractivity contribution in [3.63, 3.8) is 0 Å². The van der Waals surface area contributed by atoms with E-state index in [1.807, 2.05) is 21.1 Å². The number of hydrogen-bond donors (Lipinski definition) is 3. The summed E-state index contributed by atoms with van der Waals surface area (Å²) in [7, 11) is 5.85. The Hall–Kier alpha value is -0.160. The molecule has 4 heteroatoms. The summed E-state index contributed by atoms with van der Waals surface area (Å²) >= 11 is 0. The van der Waals surface area contributed by atoms with Crippen molar-refractivity contribution in [2.75, 3.05) is 34.2 Å². The molecule has 0 radical (unpaired) electrons. The van der Waals surface area contributed by atoms with Crippen molar-refractivity contribution in [2.45, 2.75) is 13.2 Å². The molecule has 0 spiro atoms. The van der Waals surface area contributed by atoms with Crippen LogP contribution in [0.25, 0.3) is 0 Å². The minimum atomic E-state index is -0.264. The SMILES string of the molecule is CC(O)[N+](C)(C)C.NCCN. The zero-order valence-corrected chi connectivity index (χ0v) is 8.04. The molecule has 0 fully saturated rings. The Labute approximate surface area is 69.4 Å². The van der Waals surface area contributed by atoms with Crippen LogP contribution < -0.4 is 11.5 Å². The number of rotatable bonds is 2. The van der Waals surface area contributed by atoms with Gasteiger partial charge in [-0.2, -0.15) is 0 Å². The second-order valence-corrected chi connectivity index (χ2v) is 3.33. The van der Waals surface area contributed by atoms with E-state index < -0.39 is 0 Å². The van der Waals surface area contributed by atoms with Crippen LogP contribution in [0.2, 0.25) is 0 Å². The highest BCUT2D eigenvalue weighted by molar-refractivity contribution is 4.26. The van der Waals surface area contributed by atoms with E-state index in [9.17, 15) is 0 Å². The molecule has 0 aromatic carbocycles. The quantitative estimate of drug-likeness (QED) is 0.359. The molecule has 0 aliphatic heterocycles. The molecule has 4 nitrogen and oxygen atoms in total. The van der Waals surface area contributed by atoms with Gasteiger partial charge in [-0.25, -0.2) is 0 Å². The Morgan fingerprint density at radius 1 is 1.18 bits per heavy atom. The number of aliphatic hydroxyl groups is 1. The van der Waals surface area contributed by atoms with Gasteiger partial charge >= 0.3 is 0 Å². The first-order valence-corrected chi connectivity index (χ1v) is 3.75. The van der Waals surface area contributed by atoms with Crippen molar-refractivity contribution in [2.24, 2.45) is 11.5 Å². The molecule has 0 saturated carbocycles. The summed E-state index contributed by atoms with van der Waals surface area (Å²) in [5, 5.41) is 8.86. The standard InChI is InChI=1S/C5H14NO.C2H8N2/c1-5(7)6(2,3)4;3-1-2-4/h5,7H,1-4H3;1-4H2/q+1;. The van der Waals surface area contributed by atoms with Crippen molar-refractivity contribution in [1.82, 2.24) is 0 Å². The number of nitrogens with two attached hydrogens (primary N) is 2. The number of quaternary nitrogens is 1. The summed E-state index contributed by atoms with van der Waals surface area (Å²) in [5.41, 5.74) is 9.81. The van der Waals surface area contributed by atoms with Crippen LogP contribution in [0.1, 0.15) is 6.92 Å². The van der Waals surface area contributed by atoms with Gasteiger partial charge in [0.15, 0.2) is 6.23 Å². The Balaban J connectivity index is 0. The molecule has 70 valence electrons. The van der Waals surface area contributed by atoms with E-state index in [1.165, 1.54) is 0 Å². The maximum absolute atomic E-state index is 8.86. The predicted octanol–water partition coefficient (Wildman–Crippen LogP) is -1.07. The normalized spacial score (nSPS) is 13.4. The van der Waals surface area contributed by atoms with Gasteiger partial charge < -0.3 is 21.1 Å². The molecule has 0 aromatic rings. The van der Waals surface area contributed by atoms with Gasteiger partial charge in [-0.15, -0.1) is 0 Å². The lowest BCUT2D eigenvalue weighted by atomic mass is 10.5. The molecular weight excluding hydrogens is 142 g/mol. The van der Waals surface area contributed by atoms with Gasteiger partial charge in [0, 0.05) is 20.0 Å². The lowest BCUT2D eigenvalue weighted by Crippen LogP contribution is -2.42. The molecule has 1 unspecified atom stereocenters. The molecule has 0 aliphatic carbocycles. The monoisotopic (exact) mass is 164 g/mol. The summed E-state index contributed by atoms with van der Waals surface area (Å²) in [5.74, 6) is 0. The lowest BCUT2D eigenvalue weighted by molar-refractivity contribution is -0.916. The van der Waals surface area contributed by atoms with Crippen LogP contribution in [0.3, 0.4) is 0 Å². The van der Waals surface area contributed by atoms with Crippen LogP contribution in [0, 0.1) is 0 Å². The summed E-state index contributed by atoms with van der Waals surface area (Å²) in [6.07, 6.45) is -0.264. The summed E-state index contributed by atoms with van der Waals surface area (Å²) in [4.78, 5) is 0. The molecule has 5 N–H and O–H groups in total. The molecule has 0 bridgehead atoms. The van der Waals surface area contributed by atoms with Crippen LogP contribution in [-0.2, 0) is 0 Å². The minimum Gasteiger partial charge on any atom is -0.345 e. The average Bonchev–Trinajstić information content (AvgIpc) is 1.87. The fraction of sp³-hybridized carbons (Fsp3) is 1.00. The highest BCUT2D eigenvalue weighted by atomic mass is 16.3. The van der Waals surface area contributed by atoms with E-state index >= 15 is 0 Å². The van der Waals surface area contributed by atoms with Crippen LogP contribution >= 0.6 is 0 Å². The van der Waals surface area contributed by atoms with Gasteiger partial charge in [-0.05, 0) is 0 Å². The van der Waals surface area contributed by atoms with E-state index in [-0.39, 0.29) is 6.23 Å². The molecular formula is C7H22N3O+. The Morgan fingerprint density at radius 3 is 1.36 bits per heavy atom. The molecule has 11 heavy (non-hydrogen) atoms. The largest absolute Gasteiger partial charge is 0.345 e. The highest BCUT2D eigenvalue weighted by Gasteiger charge is 2.12. The first-order valence-electron chi connectivity index (χ1n) is 3.75. The van der Waals surface area contributed by atoms with Gasteiger partial charge in [0.25, 0.3) is 0 Å². The topological polar surface area (TPSA) is 72.3 Å². The molecule has 0 heterocycles. The molecule has 1 atom stereocenters. The smallest absolute Gasteiger partial charge is 0.187 e. The fourth-order valence-electron chi connectivity index (χ4n) is 0. The average molecular weight is 164 g/mol. The van der Waals surface area contributed by atoms with Crippen molar-refractivity contribution in [3.8, 4) is 0 Å². The van der Waals surface area contributed by atoms with E-state index in [0.29, 0.717) is 17.6 Å². The third-order valence-electron chi connectivity index (χ3n) is 1.29. The second kappa shape index (κ2) is 6.54. The lowest BCUT2D eigenvalue weighted by Gasteiger charge is -2.26. The van der Waals surface area contributed by atoms with Crippen molar-refractivity contribution in [1.29, 1.82) is 0 Å². The molecule has 0 aromatic heterocycles. The Morgan fingerprint density at radius 2 is 1.36 bits per heavy atom. The van der Waals surface area contributed by atoms with Gasteiger partial charge in [0.1, 0.15) is 0 Å². The Kier molecular flexibility index (Phi) is 7.99. The number of nitrogens with zero attached hydrogens (tertiary/aromatic N) is 1. The maximum Gasteiger partial charge on any atom is 0.187 e. The van der Waals surface area contributed by atoms with E-state index in [2.05, 4.69) is 0 Å². The number of aliphatic hydroxyl groups excluding tert-OH is 1. The molecule has 0 amide bonds. The van der Waals surface area contributed by atoms with E-state index in [4.69, 9.17) is 16.6 Å². The first kappa shape index (κ1) is 13.4. The van der Waals surface area contributed by atoms with Crippen LogP contribution in [-0.4, -0.2) is 50.0 Å². The van der Waals surface area contributed by atoms with Crippen LogP contribution in [0.15, 0.2) is 0 Å². The first-order chi connectivity index (χ1) is 4.86. The fourth-order valence-corrected chi connectivity index (χ4v) is 0. The molecule has 0 aliphatic rings. The Bertz CT molecular complexity index is 76.2. The van der Waals surface area contributed by atoms with Crippen LogP contribution in [0.5, 0.6) is 0 Å². The van der Waals surface area contributed by atoms with Crippen molar-refractivity contribution in [3.05, 3.63) is 0 Å². The summed E-state index contributed by atoms with van der Waals surface area (Å²) in [6.45, 7) is 2.97. The zero-order chi connectivity index (χ0) is 9.49. The minimum absolute atomic E-state index is 0.264. The molecule has 0 rings (SSSR count). The molecule has 0 saturated heterocycles. The van der Waals surface area contributed by atoms with Gasteiger partial charge in [-0.3, -0.25) is 0 Å². The third kappa shape index (κ3) is 12.9. The van der Waals surface area contributed by atoms with Gasteiger partial charge in [0.05, 0.1) is 21.1 Å². The summed E-state index contributed by atoms with van der Waals surface area (Å²) < 4.78 is 0.611. The zero-order valence-electron chi connectivity index (χ0n) is 8.04. The third-order valence-corrected chi connectivity index (χ3v) is 1.29. The van der Waals surface area contributed by atoms with Gasteiger partial charge in [0.2, 0.25) is 0 Å². The van der Waals surface area contributed by atoms with E-state index in [1.54, 1.807) is 6.92 Å². The summed E-state index contributed by atoms with van der Waals surface area (Å²) in [6, 6.07) is 0. The van der Waals surface area contributed by atoms with E-state index in [0.717, 1.165) is 0 Å². The van der Waals surface area contributed by atoms with Crippen molar-refractivity contribution < 1.29 is 9.59 Å².